The number of rotatable bonds is 1. The monoisotopic (exact) mass is 180 g/mol. The summed E-state index contributed by atoms with van der Waals surface area (Å²) in [5.74, 6) is 0.0184. The number of fused-ring (bicyclic) bond motifs is 1. The standard InChI is InChI=1S/C6H8N6O/c7-4-3(5(8)13)6-10-1-9-2-12(6)11-4/h2,10H,1H2,(H2,7,11)(H2,8,13). The van der Waals surface area contributed by atoms with Crippen molar-refractivity contribution in [2.75, 3.05) is 17.7 Å². The average molecular weight is 180 g/mol. The molecule has 7 nitrogen and oxygen atoms in total. The molecular weight excluding hydrogens is 172 g/mol. The summed E-state index contributed by atoms with van der Waals surface area (Å²) in [6.45, 7) is 0.394. The minimum atomic E-state index is -0.596. The third kappa shape index (κ3) is 1.01. The van der Waals surface area contributed by atoms with Gasteiger partial charge in [-0.1, -0.05) is 0 Å². The number of hydrogen-bond donors (Lipinski definition) is 3. The van der Waals surface area contributed by atoms with Crippen molar-refractivity contribution < 1.29 is 4.79 Å². The van der Waals surface area contributed by atoms with E-state index in [1.807, 2.05) is 0 Å². The molecule has 1 aromatic heterocycles. The molecule has 1 aromatic rings. The zero-order chi connectivity index (χ0) is 9.42. The van der Waals surface area contributed by atoms with Crippen molar-refractivity contribution in [1.29, 1.82) is 0 Å². The first kappa shape index (κ1) is 7.59. The van der Waals surface area contributed by atoms with Crippen molar-refractivity contribution in [2.24, 2.45) is 10.7 Å². The Morgan fingerprint density at radius 1 is 1.69 bits per heavy atom. The van der Waals surface area contributed by atoms with Crippen LogP contribution >= 0.6 is 0 Å². The third-order valence-corrected chi connectivity index (χ3v) is 1.71. The summed E-state index contributed by atoms with van der Waals surface area (Å²) in [5.41, 5.74) is 10.8. The fourth-order valence-corrected chi connectivity index (χ4v) is 1.19. The molecule has 2 rings (SSSR count). The SMILES string of the molecule is NC(=O)c1c(N)nn2c1NCN=C2. The summed E-state index contributed by atoms with van der Waals surface area (Å²) in [5, 5.41) is 6.71. The van der Waals surface area contributed by atoms with Gasteiger partial charge in [0.15, 0.2) is 5.82 Å². The Bertz CT molecular complexity index is 392. The molecule has 0 bridgehead atoms. The number of nitrogens with one attached hydrogen (secondary N) is 1. The lowest BCUT2D eigenvalue weighted by Gasteiger charge is -2.09. The lowest BCUT2D eigenvalue weighted by Crippen LogP contribution is -2.18. The Morgan fingerprint density at radius 3 is 3.15 bits per heavy atom. The smallest absolute Gasteiger partial charge is 0.256 e. The van der Waals surface area contributed by atoms with E-state index in [2.05, 4.69) is 15.4 Å². The molecule has 1 aliphatic heterocycles. The van der Waals surface area contributed by atoms with Gasteiger partial charge >= 0.3 is 0 Å². The van der Waals surface area contributed by atoms with Crippen LogP contribution in [-0.4, -0.2) is 28.7 Å². The van der Waals surface area contributed by atoms with Gasteiger partial charge < -0.3 is 16.8 Å². The van der Waals surface area contributed by atoms with E-state index >= 15 is 0 Å². The summed E-state index contributed by atoms with van der Waals surface area (Å²) in [7, 11) is 0. The molecule has 1 amide bonds. The van der Waals surface area contributed by atoms with Crippen LogP contribution in [0.1, 0.15) is 10.4 Å². The van der Waals surface area contributed by atoms with Crippen molar-refractivity contribution in [3.63, 3.8) is 0 Å². The van der Waals surface area contributed by atoms with Crippen LogP contribution in [0.15, 0.2) is 4.99 Å². The van der Waals surface area contributed by atoms with Crippen LogP contribution in [0.5, 0.6) is 0 Å². The number of aliphatic imine (C=N–C) groups is 1. The highest BCUT2D eigenvalue weighted by Crippen LogP contribution is 2.21. The average Bonchev–Trinajstić information content (AvgIpc) is 2.39. The molecule has 0 saturated heterocycles. The van der Waals surface area contributed by atoms with Crippen LogP contribution in [-0.2, 0) is 0 Å². The number of hydrogen-bond acceptors (Lipinski definition) is 5. The minimum absolute atomic E-state index is 0.114. The predicted octanol–water partition coefficient (Wildman–Crippen LogP) is -1.18. The van der Waals surface area contributed by atoms with Crippen LogP contribution in [0, 0.1) is 0 Å². The summed E-state index contributed by atoms with van der Waals surface area (Å²) >= 11 is 0. The van der Waals surface area contributed by atoms with Gasteiger partial charge in [-0.25, -0.2) is 4.68 Å². The molecule has 7 heteroatoms. The predicted molar refractivity (Wildman–Crippen MR) is 47.5 cm³/mol. The van der Waals surface area contributed by atoms with Gasteiger partial charge in [0.25, 0.3) is 5.91 Å². The normalized spacial score (nSPS) is 13.5. The summed E-state index contributed by atoms with van der Waals surface area (Å²) < 4.78 is 1.39. The van der Waals surface area contributed by atoms with Crippen molar-refractivity contribution >= 4 is 23.9 Å². The van der Waals surface area contributed by atoms with Crippen molar-refractivity contribution in [1.82, 2.24) is 9.78 Å². The van der Waals surface area contributed by atoms with E-state index in [1.54, 1.807) is 0 Å². The molecule has 13 heavy (non-hydrogen) atoms. The number of nitrogens with zero attached hydrogens (tertiary/aromatic N) is 3. The van der Waals surface area contributed by atoms with Crippen molar-refractivity contribution in [3.8, 4) is 0 Å². The van der Waals surface area contributed by atoms with Gasteiger partial charge in [-0.2, -0.15) is 0 Å². The molecular formula is C6H8N6O. The Balaban J connectivity index is 2.62. The Labute approximate surface area is 73.4 Å². The molecule has 0 radical (unpaired) electrons. The van der Waals surface area contributed by atoms with Gasteiger partial charge in [0.1, 0.15) is 24.4 Å². The second-order valence-corrected chi connectivity index (χ2v) is 2.55. The number of carbonyl (C=O) groups excluding carboxylic acids is 1. The van der Waals surface area contributed by atoms with E-state index < -0.39 is 5.91 Å². The summed E-state index contributed by atoms with van der Waals surface area (Å²) in [6, 6.07) is 0. The molecule has 0 unspecified atom stereocenters. The quantitative estimate of drug-likeness (QED) is 0.505. The lowest BCUT2D eigenvalue weighted by atomic mass is 10.3. The number of amides is 1. The molecule has 5 N–H and O–H groups in total. The molecule has 0 fully saturated rings. The maximum atomic E-state index is 11.0. The van der Waals surface area contributed by atoms with Gasteiger partial charge in [-0.05, 0) is 0 Å². The van der Waals surface area contributed by atoms with Gasteiger partial charge in [0, 0.05) is 0 Å². The molecule has 68 valence electrons. The molecule has 0 aliphatic carbocycles. The van der Waals surface area contributed by atoms with Crippen LogP contribution in [0.25, 0.3) is 0 Å². The highest BCUT2D eigenvalue weighted by molar-refractivity contribution is 6.03. The summed E-state index contributed by atoms with van der Waals surface area (Å²) in [4.78, 5) is 14.8. The first-order chi connectivity index (χ1) is 6.20. The van der Waals surface area contributed by atoms with Crippen molar-refractivity contribution in [2.45, 2.75) is 0 Å². The van der Waals surface area contributed by atoms with Crippen LogP contribution in [0.2, 0.25) is 0 Å². The molecule has 0 spiro atoms. The zero-order valence-corrected chi connectivity index (χ0v) is 6.69. The second-order valence-electron chi connectivity index (χ2n) is 2.55. The lowest BCUT2D eigenvalue weighted by molar-refractivity contribution is 0.100. The van der Waals surface area contributed by atoms with E-state index in [4.69, 9.17) is 11.5 Å². The Morgan fingerprint density at radius 2 is 2.46 bits per heavy atom. The number of nitrogen functional groups attached to an aromatic ring is 1. The Hall–Kier alpha value is -2.05. The molecule has 0 aromatic carbocycles. The number of primary amides is 1. The van der Waals surface area contributed by atoms with Gasteiger partial charge in [-0.15, -0.1) is 5.10 Å². The third-order valence-electron chi connectivity index (χ3n) is 1.71. The van der Waals surface area contributed by atoms with Gasteiger partial charge in [0.05, 0.1) is 0 Å². The highest BCUT2D eigenvalue weighted by Gasteiger charge is 2.20. The Kier molecular flexibility index (Phi) is 1.44. The molecule has 1 aliphatic rings. The molecule has 0 atom stereocenters. The number of aromatic nitrogens is 2. The van der Waals surface area contributed by atoms with E-state index in [-0.39, 0.29) is 11.4 Å². The van der Waals surface area contributed by atoms with Crippen LogP contribution in [0.3, 0.4) is 0 Å². The van der Waals surface area contributed by atoms with E-state index in [0.29, 0.717) is 12.5 Å². The largest absolute Gasteiger partial charge is 0.381 e. The zero-order valence-electron chi connectivity index (χ0n) is 6.69. The first-order valence-corrected chi connectivity index (χ1v) is 3.61. The summed E-state index contributed by atoms with van der Waals surface area (Å²) in [6.07, 6.45) is 1.48. The number of nitrogens with two attached hydrogens (primary N) is 2. The van der Waals surface area contributed by atoms with E-state index in [0.717, 1.165) is 0 Å². The van der Waals surface area contributed by atoms with Crippen LogP contribution in [0.4, 0.5) is 11.6 Å². The highest BCUT2D eigenvalue weighted by atomic mass is 16.1. The number of carbonyl (C=O) groups is 1. The van der Waals surface area contributed by atoms with Gasteiger partial charge in [0.2, 0.25) is 0 Å². The fraction of sp³-hybridized carbons (Fsp3) is 0.167. The minimum Gasteiger partial charge on any atom is -0.381 e. The molecule has 0 saturated carbocycles. The van der Waals surface area contributed by atoms with Gasteiger partial charge in [-0.3, -0.25) is 9.79 Å². The second kappa shape index (κ2) is 2.47. The van der Waals surface area contributed by atoms with E-state index in [9.17, 15) is 4.79 Å². The maximum Gasteiger partial charge on any atom is 0.256 e. The van der Waals surface area contributed by atoms with E-state index in [1.165, 1.54) is 11.0 Å². The topological polar surface area (TPSA) is 111 Å². The van der Waals surface area contributed by atoms with Crippen LogP contribution < -0.4 is 16.8 Å². The first-order valence-electron chi connectivity index (χ1n) is 3.61. The number of anilines is 2. The molecule has 2 heterocycles. The van der Waals surface area contributed by atoms with Crippen molar-refractivity contribution in [3.05, 3.63) is 5.56 Å². The fourth-order valence-electron chi connectivity index (χ4n) is 1.19. The maximum absolute atomic E-state index is 11.0.